The Hall–Kier alpha value is -2.49. The van der Waals surface area contributed by atoms with Gasteiger partial charge in [0.1, 0.15) is 18.1 Å². The third-order valence-corrected chi connectivity index (χ3v) is 4.92. The van der Waals surface area contributed by atoms with Crippen molar-refractivity contribution in [2.75, 3.05) is 6.61 Å². The lowest BCUT2D eigenvalue weighted by Crippen LogP contribution is -2.24. The van der Waals surface area contributed by atoms with Crippen molar-refractivity contribution < 1.29 is 19.4 Å². The van der Waals surface area contributed by atoms with Crippen LogP contribution in [0, 0.1) is 5.92 Å². The first kappa shape index (κ1) is 14.1. The van der Waals surface area contributed by atoms with Crippen molar-refractivity contribution in [3.05, 3.63) is 59.7 Å². The molecule has 1 spiro atoms. The summed E-state index contributed by atoms with van der Waals surface area (Å²) < 4.78 is 11.6. The summed E-state index contributed by atoms with van der Waals surface area (Å²) in [6.45, 7) is 1.07. The lowest BCUT2D eigenvalue weighted by Gasteiger charge is -2.26. The molecule has 2 aromatic rings. The van der Waals surface area contributed by atoms with E-state index in [2.05, 4.69) is 0 Å². The predicted molar refractivity (Wildman–Crippen MR) is 84.7 cm³/mol. The number of ether oxygens (including phenoxy) is 2. The fourth-order valence-corrected chi connectivity index (χ4v) is 3.54. The number of benzene rings is 2. The van der Waals surface area contributed by atoms with E-state index in [1.165, 1.54) is 0 Å². The van der Waals surface area contributed by atoms with Crippen LogP contribution in [-0.4, -0.2) is 17.7 Å². The van der Waals surface area contributed by atoms with E-state index in [-0.39, 0.29) is 11.3 Å². The average molecular weight is 310 g/mol. The lowest BCUT2D eigenvalue weighted by atomic mass is 9.87. The van der Waals surface area contributed by atoms with Crippen LogP contribution in [0.25, 0.3) is 0 Å². The molecule has 2 atom stereocenters. The van der Waals surface area contributed by atoms with Crippen LogP contribution in [0.1, 0.15) is 24.0 Å². The van der Waals surface area contributed by atoms with Gasteiger partial charge in [0.05, 0.1) is 12.5 Å². The molecule has 0 bridgehead atoms. The molecule has 1 heterocycles. The Morgan fingerprint density at radius 1 is 1.26 bits per heavy atom. The first-order valence-electron chi connectivity index (χ1n) is 7.86. The molecule has 0 unspecified atom stereocenters. The van der Waals surface area contributed by atoms with Crippen LogP contribution in [0.15, 0.2) is 48.5 Å². The quantitative estimate of drug-likeness (QED) is 0.940. The van der Waals surface area contributed by atoms with Crippen LogP contribution in [0.4, 0.5) is 0 Å². The van der Waals surface area contributed by atoms with Crippen molar-refractivity contribution in [2.24, 2.45) is 5.92 Å². The van der Waals surface area contributed by atoms with Gasteiger partial charge in [-0.1, -0.05) is 36.4 Å². The summed E-state index contributed by atoms with van der Waals surface area (Å²) in [6, 6.07) is 15.8. The molecule has 1 N–H and O–H groups in total. The van der Waals surface area contributed by atoms with Gasteiger partial charge in [0, 0.05) is 17.0 Å². The number of aliphatic carboxylic acids is 1. The van der Waals surface area contributed by atoms with Gasteiger partial charge in [-0.3, -0.25) is 4.79 Å². The second-order valence-corrected chi connectivity index (χ2v) is 6.28. The van der Waals surface area contributed by atoms with Crippen molar-refractivity contribution in [3.63, 3.8) is 0 Å². The van der Waals surface area contributed by atoms with Crippen molar-refractivity contribution in [2.45, 2.75) is 24.9 Å². The highest BCUT2D eigenvalue weighted by Crippen LogP contribution is 2.61. The number of hydrogen-bond donors (Lipinski definition) is 1. The highest BCUT2D eigenvalue weighted by Gasteiger charge is 2.61. The van der Waals surface area contributed by atoms with Gasteiger partial charge < -0.3 is 14.6 Å². The minimum atomic E-state index is -0.706. The minimum Gasteiger partial charge on any atom is -0.493 e. The summed E-state index contributed by atoms with van der Waals surface area (Å²) in [4.78, 5) is 11.3. The van der Waals surface area contributed by atoms with Gasteiger partial charge in [-0.05, 0) is 24.5 Å². The summed E-state index contributed by atoms with van der Waals surface area (Å²) in [5.41, 5.74) is 1.90. The van der Waals surface area contributed by atoms with Crippen molar-refractivity contribution >= 4 is 5.97 Å². The SMILES string of the molecule is O=C(O)[C@@H]1C[C@]12CCOc1cc(OCc3ccccc3)ccc12. The molecule has 0 amide bonds. The normalized spacial score (nSPS) is 24.6. The summed E-state index contributed by atoms with van der Waals surface area (Å²) in [7, 11) is 0. The molecule has 2 aliphatic rings. The largest absolute Gasteiger partial charge is 0.493 e. The number of carbonyl (C=O) groups is 1. The van der Waals surface area contributed by atoms with Crippen LogP contribution in [-0.2, 0) is 16.8 Å². The van der Waals surface area contributed by atoms with Crippen molar-refractivity contribution in [1.82, 2.24) is 0 Å². The molecule has 4 nitrogen and oxygen atoms in total. The van der Waals surface area contributed by atoms with Crippen LogP contribution in [0.5, 0.6) is 11.5 Å². The van der Waals surface area contributed by atoms with Crippen LogP contribution < -0.4 is 9.47 Å². The van der Waals surface area contributed by atoms with E-state index in [0.717, 1.165) is 29.0 Å². The van der Waals surface area contributed by atoms with Gasteiger partial charge in [0.25, 0.3) is 0 Å². The van der Waals surface area contributed by atoms with Gasteiger partial charge in [-0.2, -0.15) is 0 Å². The molecule has 1 saturated carbocycles. The second-order valence-electron chi connectivity index (χ2n) is 6.28. The second kappa shape index (κ2) is 5.30. The molecule has 0 aromatic heterocycles. The van der Waals surface area contributed by atoms with Crippen molar-refractivity contribution in [1.29, 1.82) is 0 Å². The Bertz CT molecular complexity index is 740. The van der Waals surface area contributed by atoms with Gasteiger partial charge in [-0.15, -0.1) is 0 Å². The monoisotopic (exact) mass is 310 g/mol. The van der Waals surface area contributed by atoms with E-state index in [9.17, 15) is 9.90 Å². The minimum absolute atomic E-state index is 0.225. The number of carboxylic acids is 1. The summed E-state index contributed by atoms with van der Waals surface area (Å²) in [5.74, 6) is 0.534. The smallest absolute Gasteiger partial charge is 0.307 e. The van der Waals surface area contributed by atoms with Gasteiger partial charge in [0.15, 0.2) is 0 Å². The van der Waals surface area contributed by atoms with E-state index < -0.39 is 5.97 Å². The molecule has 118 valence electrons. The van der Waals surface area contributed by atoms with Crippen LogP contribution in [0.3, 0.4) is 0 Å². The molecular formula is C19H18O4. The van der Waals surface area contributed by atoms with Crippen molar-refractivity contribution in [3.8, 4) is 11.5 Å². The molecule has 1 aliphatic carbocycles. The number of fused-ring (bicyclic) bond motifs is 2. The molecule has 0 radical (unpaired) electrons. The standard InChI is InChI=1S/C19H18O4/c20-18(21)16-11-19(16)8-9-22-17-10-14(6-7-15(17)19)23-12-13-4-2-1-3-5-13/h1-7,10,16H,8-9,11-12H2,(H,20,21)/t16-,19-/m0/s1. The van der Waals surface area contributed by atoms with E-state index in [0.29, 0.717) is 19.6 Å². The predicted octanol–water partition coefficient (Wildman–Crippen LogP) is 3.39. The summed E-state index contributed by atoms with van der Waals surface area (Å²) >= 11 is 0. The Labute approximate surface area is 134 Å². The molecule has 0 saturated heterocycles. The highest BCUT2D eigenvalue weighted by molar-refractivity contribution is 5.78. The van der Waals surface area contributed by atoms with E-state index in [1.54, 1.807) is 0 Å². The van der Waals surface area contributed by atoms with E-state index >= 15 is 0 Å². The summed E-state index contributed by atoms with van der Waals surface area (Å²) in [6.07, 6.45) is 1.49. The fraction of sp³-hybridized carbons (Fsp3) is 0.316. The molecule has 1 fully saturated rings. The van der Waals surface area contributed by atoms with E-state index in [4.69, 9.17) is 9.47 Å². The molecule has 23 heavy (non-hydrogen) atoms. The first-order chi connectivity index (χ1) is 11.2. The molecule has 4 rings (SSSR count). The molecule has 1 aliphatic heterocycles. The van der Waals surface area contributed by atoms with Gasteiger partial charge in [-0.25, -0.2) is 0 Å². The van der Waals surface area contributed by atoms with Crippen LogP contribution in [0.2, 0.25) is 0 Å². The Kier molecular flexibility index (Phi) is 3.26. The van der Waals surface area contributed by atoms with E-state index in [1.807, 2.05) is 48.5 Å². The maximum absolute atomic E-state index is 11.3. The maximum atomic E-state index is 11.3. The average Bonchev–Trinajstić information content (AvgIpc) is 3.29. The Morgan fingerprint density at radius 3 is 2.83 bits per heavy atom. The fourth-order valence-electron chi connectivity index (χ4n) is 3.54. The number of rotatable bonds is 4. The third kappa shape index (κ3) is 2.44. The zero-order chi connectivity index (χ0) is 15.9. The highest BCUT2D eigenvalue weighted by atomic mass is 16.5. The number of carboxylic acid groups (broad SMARTS) is 1. The molecule has 2 aromatic carbocycles. The maximum Gasteiger partial charge on any atom is 0.307 e. The third-order valence-electron chi connectivity index (χ3n) is 4.92. The number of hydrogen-bond acceptors (Lipinski definition) is 3. The Balaban J connectivity index is 1.54. The van der Waals surface area contributed by atoms with Gasteiger partial charge in [0.2, 0.25) is 0 Å². The zero-order valence-corrected chi connectivity index (χ0v) is 12.7. The zero-order valence-electron chi connectivity index (χ0n) is 12.7. The first-order valence-corrected chi connectivity index (χ1v) is 7.86. The Morgan fingerprint density at radius 2 is 2.09 bits per heavy atom. The molecular weight excluding hydrogens is 292 g/mol. The van der Waals surface area contributed by atoms with Gasteiger partial charge >= 0.3 is 5.97 Å². The van der Waals surface area contributed by atoms with Crippen LogP contribution >= 0.6 is 0 Å². The summed E-state index contributed by atoms with van der Waals surface area (Å²) in [5, 5.41) is 9.30. The topological polar surface area (TPSA) is 55.8 Å². The molecule has 4 heteroatoms. The lowest BCUT2D eigenvalue weighted by molar-refractivity contribution is -0.139.